The number of aliphatic hydroxyl groups is 1. The van der Waals surface area contributed by atoms with E-state index in [4.69, 9.17) is 14.6 Å². The molecule has 0 aliphatic carbocycles. The van der Waals surface area contributed by atoms with Crippen molar-refractivity contribution in [2.24, 2.45) is 0 Å². The summed E-state index contributed by atoms with van der Waals surface area (Å²) in [6, 6.07) is 0.108. The summed E-state index contributed by atoms with van der Waals surface area (Å²) in [5.41, 5.74) is 0. The second-order valence-corrected chi connectivity index (χ2v) is 3.37. The summed E-state index contributed by atoms with van der Waals surface area (Å²) in [4.78, 5) is 12.8. The lowest BCUT2D eigenvalue weighted by molar-refractivity contribution is -0.148. The van der Waals surface area contributed by atoms with Crippen molar-refractivity contribution in [3.05, 3.63) is 0 Å². The monoisotopic (exact) mass is 219 g/mol. The van der Waals surface area contributed by atoms with E-state index in [1.165, 1.54) is 0 Å². The molecule has 5 heteroatoms. The smallest absolute Gasteiger partial charge is 0.332 e. The lowest BCUT2D eigenvalue weighted by atomic mass is 10.3. The first-order valence-electron chi connectivity index (χ1n) is 5.16. The Labute approximate surface area is 91.0 Å². The van der Waals surface area contributed by atoms with Crippen LogP contribution in [0.4, 0.5) is 0 Å². The van der Waals surface area contributed by atoms with Crippen LogP contribution in [0.2, 0.25) is 0 Å². The molecule has 15 heavy (non-hydrogen) atoms. The normalized spacial score (nSPS) is 12.9. The molecule has 1 atom stereocenters. The second kappa shape index (κ2) is 8.64. The molecular weight excluding hydrogens is 198 g/mol. The van der Waals surface area contributed by atoms with Crippen LogP contribution in [0.3, 0.4) is 0 Å². The van der Waals surface area contributed by atoms with Crippen molar-refractivity contribution in [3.63, 3.8) is 0 Å². The molecular formula is C10H21NO4. The Hall–Kier alpha value is -0.650. The van der Waals surface area contributed by atoms with Crippen LogP contribution in [0.25, 0.3) is 0 Å². The highest BCUT2D eigenvalue weighted by atomic mass is 16.6. The third-order valence-corrected chi connectivity index (χ3v) is 2.13. The Balaban J connectivity index is 3.41. The summed E-state index contributed by atoms with van der Waals surface area (Å²) in [6.07, 6.45) is 0. The van der Waals surface area contributed by atoms with Crippen molar-refractivity contribution < 1.29 is 19.4 Å². The molecule has 0 radical (unpaired) electrons. The number of ether oxygens (including phenoxy) is 2. The van der Waals surface area contributed by atoms with Crippen LogP contribution in [0.15, 0.2) is 0 Å². The maximum absolute atomic E-state index is 10.9. The second-order valence-electron chi connectivity index (χ2n) is 3.37. The van der Waals surface area contributed by atoms with Gasteiger partial charge in [0.05, 0.1) is 19.8 Å². The number of nitrogens with zero attached hydrogens (tertiary/aromatic N) is 1. The van der Waals surface area contributed by atoms with E-state index in [1.54, 1.807) is 6.92 Å². The predicted octanol–water partition coefficient (Wildman–Crippen LogP) is -0.121. The first-order chi connectivity index (χ1) is 7.11. The van der Waals surface area contributed by atoms with Crippen LogP contribution in [0, 0.1) is 0 Å². The van der Waals surface area contributed by atoms with Crippen molar-refractivity contribution in [1.29, 1.82) is 0 Å². The number of rotatable bonds is 8. The summed E-state index contributed by atoms with van der Waals surface area (Å²) >= 11 is 0. The SMILES string of the molecule is CCOC(=O)COCCN(C)C(C)CO. The minimum atomic E-state index is -0.338. The molecule has 0 aromatic carbocycles. The number of likely N-dealkylation sites (N-methyl/N-ethyl adjacent to an activating group) is 1. The van der Waals surface area contributed by atoms with E-state index < -0.39 is 0 Å². The molecule has 0 aromatic heterocycles. The number of hydrogen-bond acceptors (Lipinski definition) is 5. The summed E-state index contributed by atoms with van der Waals surface area (Å²) in [5.74, 6) is -0.338. The number of esters is 1. The molecule has 0 rings (SSSR count). The Kier molecular flexibility index (Phi) is 8.27. The molecule has 0 saturated carbocycles. The van der Waals surface area contributed by atoms with E-state index in [0.29, 0.717) is 19.8 Å². The van der Waals surface area contributed by atoms with E-state index in [0.717, 1.165) is 0 Å². The lowest BCUT2D eigenvalue weighted by Crippen LogP contribution is -2.34. The fourth-order valence-electron chi connectivity index (χ4n) is 0.926. The summed E-state index contributed by atoms with van der Waals surface area (Å²) in [7, 11) is 1.90. The Morgan fingerprint density at radius 1 is 1.53 bits per heavy atom. The summed E-state index contributed by atoms with van der Waals surface area (Å²) in [6.45, 7) is 5.31. The molecule has 0 spiro atoms. The van der Waals surface area contributed by atoms with Gasteiger partial charge < -0.3 is 14.6 Å². The zero-order chi connectivity index (χ0) is 11.7. The van der Waals surface area contributed by atoms with E-state index >= 15 is 0 Å². The largest absolute Gasteiger partial charge is 0.464 e. The summed E-state index contributed by atoms with van der Waals surface area (Å²) in [5, 5.41) is 8.86. The van der Waals surface area contributed by atoms with Crippen LogP contribution in [0.1, 0.15) is 13.8 Å². The number of carbonyl (C=O) groups is 1. The molecule has 1 N–H and O–H groups in total. The molecule has 1 unspecified atom stereocenters. The van der Waals surface area contributed by atoms with Gasteiger partial charge in [0.1, 0.15) is 6.61 Å². The molecule has 0 aliphatic rings. The van der Waals surface area contributed by atoms with Gasteiger partial charge in [-0.25, -0.2) is 4.79 Å². The van der Waals surface area contributed by atoms with Crippen molar-refractivity contribution >= 4 is 5.97 Å². The maximum atomic E-state index is 10.9. The molecule has 0 saturated heterocycles. The van der Waals surface area contributed by atoms with E-state index in [1.807, 2.05) is 18.9 Å². The van der Waals surface area contributed by atoms with Crippen molar-refractivity contribution in [2.45, 2.75) is 19.9 Å². The van der Waals surface area contributed by atoms with Crippen molar-refractivity contribution in [3.8, 4) is 0 Å². The Bertz CT molecular complexity index is 175. The van der Waals surface area contributed by atoms with Gasteiger partial charge in [-0.1, -0.05) is 0 Å². The fourth-order valence-corrected chi connectivity index (χ4v) is 0.926. The summed E-state index contributed by atoms with van der Waals surface area (Å²) < 4.78 is 9.82. The predicted molar refractivity (Wildman–Crippen MR) is 56.6 cm³/mol. The third kappa shape index (κ3) is 7.30. The van der Waals surface area contributed by atoms with Crippen LogP contribution in [-0.2, 0) is 14.3 Å². The van der Waals surface area contributed by atoms with Crippen molar-refractivity contribution in [1.82, 2.24) is 4.90 Å². The zero-order valence-corrected chi connectivity index (χ0v) is 9.73. The molecule has 0 amide bonds. The topological polar surface area (TPSA) is 59.0 Å². The quantitative estimate of drug-likeness (QED) is 0.455. The fraction of sp³-hybridized carbons (Fsp3) is 0.900. The van der Waals surface area contributed by atoms with Crippen LogP contribution in [-0.4, -0.2) is 62.0 Å². The molecule has 0 heterocycles. The number of aliphatic hydroxyl groups excluding tert-OH is 1. The molecule has 0 fully saturated rings. The van der Waals surface area contributed by atoms with Crippen LogP contribution < -0.4 is 0 Å². The van der Waals surface area contributed by atoms with Gasteiger partial charge in [-0.2, -0.15) is 0 Å². The molecule has 0 bridgehead atoms. The minimum absolute atomic E-state index is 0.00478. The first kappa shape index (κ1) is 14.3. The van der Waals surface area contributed by atoms with Gasteiger partial charge in [-0.15, -0.1) is 0 Å². The highest BCUT2D eigenvalue weighted by Crippen LogP contribution is 1.93. The number of carbonyl (C=O) groups excluding carboxylic acids is 1. The van der Waals surface area contributed by atoms with Gasteiger partial charge in [-0.05, 0) is 20.9 Å². The third-order valence-electron chi connectivity index (χ3n) is 2.13. The van der Waals surface area contributed by atoms with E-state index in [2.05, 4.69) is 0 Å². The highest BCUT2D eigenvalue weighted by Gasteiger charge is 2.07. The molecule has 0 aliphatic heterocycles. The lowest BCUT2D eigenvalue weighted by Gasteiger charge is -2.22. The van der Waals surface area contributed by atoms with Gasteiger partial charge in [-0.3, -0.25) is 4.90 Å². The average molecular weight is 219 g/mol. The standard InChI is InChI=1S/C10H21NO4/c1-4-15-10(13)8-14-6-5-11(3)9(2)7-12/h9,12H,4-8H2,1-3H3. The van der Waals surface area contributed by atoms with E-state index in [9.17, 15) is 4.79 Å². The average Bonchev–Trinajstić information content (AvgIpc) is 2.23. The van der Waals surface area contributed by atoms with Gasteiger partial charge in [0.2, 0.25) is 0 Å². The van der Waals surface area contributed by atoms with Gasteiger partial charge in [0.25, 0.3) is 0 Å². The minimum Gasteiger partial charge on any atom is -0.464 e. The molecule has 0 aromatic rings. The van der Waals surface area contributed by atoms with Crippen LogP contribution in [0.5, 0.6) is 0 Å². The van der Waals surface area contributed by atoms with Gasteiger partial charge in [0, 0.05) is 12.6 Å². The van der Waals surface area contributed by atoms with Crippen molar-refractivity contribution in [2.75, 3.05) is 40.0 Å². The maximum Gasteiger partial charge on any atom is 0.332 e. The van der Waals surface area contributed by atoms with E-state index in [-0.39, 0.29) is 25.2 Å². The first-order valence-corrected chi connectivity index (χ1v) is 5.16. The van der Waals surface area contributed by atoms with Crippen LogP contribution >= 0.6 is 0 Å². The molecule has 5 nitrogen and oxygen atoms in total. The Morgan fingerprint density at radius 2 is 2.20 bits per heavy atom. The molecule has 90 valence electrons. The van der Waals surface area contributed by atoms with Gasteiger partial charge >= 0.3 is 5.97 Å². The highest BCUT2D eigenvalue weighted by molar-refractivity contribution is 5.70. The number of hydrogen-bond donors (Lipinski definition) is 1. The van der Waals surface area contributed by atoms with Gasteiger partial charge in [0.15, 0.2) is 0 Å². The Morgan fingerprint density at radius 3 is 2.73 bits per heavy atom. The zero-order valence-electron chi connectivity index (χ0n) is 9.73.